The molecule has 0 saturated carbocycles. The fraction of sp³-hybridized carbons (Fsp3) is 0.529. The highest BCUT2D eigenvalue weighted by molar-refractivity contribution is 7.91. The molecule has 26 heavy (non-hydrogen) atoms. The van der Waals surface area contributed by atoms with Gasteiger partial charge in [0.2, 0.25) is 5.91 Å². The monoisotopic (exact) mass is 378 g/mol. The van der Waals surface area contributed by atoms with Crippen LogP contribution in [0.5, 0.6) is 0 Å². The number of hydrogen-bond acceptors (Lipinski definition) is 6. The predicted molar refractivity (Wildman–Crippen MR) is 97.5 cm³/mol. The molecule has 8 nitrogen and oxygen atoms in total. The van der Waals surface area contributed by atoms with E-state index in [9.17, 15) is 18.0 Å². The van der Waals surface area contributed by atoms with Gasteiger partial charge < -0.3 is 4.90 Å². The van der Waals surface area contributed by atoms with Crippen molar-refractivity contribution in [3.63, 3.8) is 0 Å². The van der Waals surface area contributed by atoms with E-state index in [1.807, 2.05) is 13.8 Å². The van der Waals surface area contributed by atoms with Crippen molar-refractivity contribution in [2.24, 2.45) is 0 Å². The lowest BCUT2D eigenvalue weighted by Gasteiger charge is -2.33. The maximum Gasteiger partial charge on any atom is 0.278 e. The van der Waals surface area contributed by atoms with Crippen LogP contribution in [0.4, 0.5) is 0 Å². The van der Waals surface area contributed by atoms with Crippen LogP contribution in [0.2, 0.25) is 0 Å². The number of nitrogens with zero attached hydrogens (tertiary/aromatic N) is 4. The SMILES string of the molecule is CC[C@H](C)N(C(=O)Cn1nnc2ccccc2c1=O)[C@H]1CCS(=O)(=O)C1. The summed E-state index contributed by atoms with van der Waals surface area (Å²) in [6.07, 6.45) is 1.12. The van der Waals surface area contributed by atoms with Crippen LogP contribution in [0.1, 0.15) is 26.7 Å². The van der Waals surface area contributed by atoms with Gasteiger partial charge in [-0.1, -0.05) is 24.3 Å². The summed E-state index contributed by atoms with van der Waals surface area (Å²) < 4.78 is 24.7. The molecule has 0 radical (unpaired) electrons. The molecular formula is C17H22N4O4S. The summed E-state index contributed by atoms with van der Waals surface area (Å²) in [4.78, 5) is 27.1. The Bertz CT molecular complexity index is 986. The molecule has 3 rings (SSSR count). The van der Waals surface area contributed by atoms with Gasteiger partial charge in [0.25, 0.3) is 5.56 Å². The summed E-state index contributed by atoms with van der Waals surface area (Å²) >= 11 is 0. The van der Waals surface area contributed by atoms with Crippen molar-refractivity contribution >= 4 is 26.6 Å². The van der Waals surface area contributed by atoms with E-state index in [-0.39, 0.29) is 41.6 Å². The minimum absolute atomic E-state index is 0.0264. The zero-order valence-electron chi connectivity index (χ0n) is 14.8. The number of sulfone groups is 1. The second-order valence-corrected chi connectivity index (χ2v) is 8.91. The van der Waals surface area contributed by atoms with Crippen molar-refractivity contribution in [1.82, 2.24) is 19.9 Å². The third-order valence-electron chi connectivity index (χ3n) is 4.87. The summed E-state index contributed by atoms with van der Waals surface area (Å²) in [6.45, 7) is 3.58. The number of fused-ring (bicyclic) bond motifs is 1. The number of amides is 1. The molecule has 0 unspecified atom stereocenters. The number of aromatic nitrogens is 3. The predicted octanol–water partition coefficient (Wildman–Crippen LogP) is 0.606. The molecule has 2 heterocycles. The van der Waals surface area contributed by atoms with E-state index in [4.69, 9.17) is 0 Å². The Balaban J connectivity index is 1.89. The molecule has 0 spiro atoms. The van der Waals surface area contributed by atoms with Gasteiger partial charge in [-0.05, 0) is 31.9 Å². The van der Waals surface area contributed by atoms with Gasteiger partial charge >= 0.3 is 0 Å². The lowest BCUT2D eigenvalue weighted by atomic mass is 10.1. The summed E-state index contributed by atoms with van der Waals surface area (Å²) in [5.41, 5.74) is 0.0916. The topological polar surface area (TPSA) is 102 Å². The molecule has 2 atom stereocenters. The molecule has 1 fully saturated rings. The van der Waals surface area contributed by atoms with E-state index >= 15 is 0 Å². The standard InChI is InChI=1S/C17H22N4O4S/c1-3-12(2)21(13-8-9-26(24,25)11-13)16(22)10-20-17(23)14-6-4-5-7-15(14)18-19-20/h4-7,12-13H,3,8-11H2,1-2H3/t12-,13-/m0/s1. The molecule has 0 aliphatic carbocycles. The molecule has 1 amide bonds. The lowest BCUT2D eigenvalue weighted by molar-refractivity contribution is -0.136. The molecule has 0 bridgehead atoms. The number of rotatable bonds is 5. The number of benzene rings is 1. The third kappa shape index (κ3) is 3.62. The van der Waals surface area contributed by atoms with Gasteiger partial charge in [0, 0.05) is 12.1 Å². The first-order chi connectivity index (χ1) is 12.3. The summed E-state index contributed by atoms with van der Waals surface area (Å²) in [7, 11) is -3.12. The van der Waals surface area contributed by atoms with Gasteiger partial charge in [-0.2, -0.15) is 0 Å². The van der Waals surface area contributed by atoms with Crippen LogP contribution in [0.3, 0.4) is 0 Å². The minimum Gasteiger partial charge on any atom is -0.334 e. The maximum atomic E-state index is 12.9. The first-order valence-electron chi connectivity index (χ1n) is 8.66. The van der Waals surface area contributed by atoms with E-state index in [0.717, 1.165) is 4.68 Å². The first kappa shape index (κ1) is 18.5. The van der Waals surface area contributed by atoms with E-state index in [0.29, 0.717) is 23.7 Å². The summed E-state index contributed by atoms with van der Waals surface area (Å²) in [6, 6.07) is 6.34. The molecule has 1 aliphatic heterocycles. The maximum absolute atomic E-state index is 12.9. The van der Waals surface area contributed by atoms with Gasteiger partial charge in [-0.15, -0.1) is 5.10 Å². The molecule has 1 aliphatic rings. The van der Waals surface area contributed by atoms with Crippen molar-refractivity contribution in [2.75, 3.05) is 11.5 Å². The zero-order valence-corrected chi connectivity index (χ0v) is 15.6. The Morgan fingerprint density at radius 2 is 2.12 bits per heavy atom. The average molecular weight is 378 g/mol. The molecule has 1 aromatic carbocycles. The van der Waals surface area contributed by atoms with E-state index in [1.54, 1.807) is 29.2 Å². The van der Waals surface area contributed by atoms with Crippen LogP contribution in [0, 0.1) is 0 Å². The van der Waals surface area contributed by atoms with Gasteiger partial charge in [-0.3, -0.25) is 9.59 Å². The molecule has 1 aromatic heterocycles. The lowest BCUT2D eigenvalue weighted by Crippen LogP contribution is -2.48. The second kappa shape index (κ2) is 7.14. The van der Waals surface area contributed by atoms with E-state index in [2.05, 4.69) is 10.3 Å². The van der Waals surface area contributed by atoms with Crippen molar-refractivity contribution in [3.8, 4) is 0 Å². The highest BCUT2D eigenvalue weighted by atomic mass is 32.2. The number of carbonyl (C=O) groups excluding carboxylic acids is 1. The van der Waals surface area contributed by atoms with Crippen LogP contribution in [-0.4, -0.2) is 57.8 Å². The Morgan fingerprint density at radius 1 is 1.38 bits per heavy atom. The first-order valence-corrected chi connectivity index (χ1v) is 10.5. The molecule has 2 aromatic rings. The highest BCUT2D eigenvalue weighted by Gasteiger charge is 2.36. The number of hydrogen-bond donors (Lipinski definition) is 0. The minimum atomic E-state index is -3.12. The van der Waals surface area contributed by atoms with Gasteiger partial charge in [0.05, 0.1) is 16.9 Å². The van der Waals surface area contributed by atoms with Crippen molar-refractivity contribution < 1.29 is 13.2 Å². The van der Waals surface area contributed by atoms with Crippen LogP contribution >= 0.6 is 0 Å². The second-order valence-electron chi connectivity index (χ2n) is 6.68. The molecular weight excluding hydrogens is 356 g/mol. The molecule has 1 saturated heterocycles. The normalized spacial score (nSPS) is 20.2. The quantitative estimate of drug-likeness (QED) is 0.755. The summed E-state index contributed by atoms with van der Waals surface area (Å²) in [5.74, 6) is -0.247. The van der Waals surface area contributed by atoms with E-state index < -0.39 is 9.84 Å². The molecule has 0 N–H and O–H groups in total. The Morgan fingerprint density at radius 3 is 2.77 bits per heavy atom. The van der Waals surface area contributed by atoms with Crippen LogP contribution in [0.25, 0.3) is 10.9 Å². The number of carbonyl (C=O) groups is 1. The Kier molecular flexibility index (Phi) is 5.08. The highest BCUT2D eigenvalue weighted by Crippen LogP contribution is 2.21. The smallest absolute Gasteiger partial charge is 0.278 e. The van der Waals surface area contributed by atoms with E-state index in [1.165, 1.54) is 0 Å². The summed E-state index contributed by atoms with van der Waals surface area (Å²) in [5, 5.41) is 8.24. The zero-order chi connectivity index (χ0) is 18.9. The average Bonchev–Trinajstić information content (AvgIpc) is 2.97. The van der Waals surface area contributed by atoms with Crippen LogP contribution < -0.4 is 5.56 Å². The fourth-order valence-electron chi connectivity index (χ4n) is 3.34. The Hall–Kier alpha value is -2.29. The molecule has 9 heteroatoms. The molecule has 140 valence electrons. The van der Waals surface area contributed by atoms with Gasteiger partial charge in [0.15, 0.2) is 9.84 Å². The fourth-order valence-corrected chi connectivity index (χ4v) is 5.05. The van der Waals surface area contributed by atoms with Crippen LogP contribution in [-0.2, 0) is 21.2 Å². The van der Waals surface area contributed by atoms with Gasteiger partial charge in [-0.25, -0.2) is 13.1 Å². The van der Waals surface area contributed by atoms with Crippen molar-refractivity contribution in [2.45, 2.75) is 45.3 Å². The largest absolute Gasteiger partial charge is 0.334 e. The third-order valence-corrected chi connectivity index (χ3v) is 6.62. The van der Waals surface area contributed by atoms with Crippen molar-refractivity contribution in [3.05, 3.63) is 34.6 Å². The van der Waals surface area contributed by atoms with Crippen LogP contribution in [0.15, 0.2) is 29.1 Å². The van der Waals surface area contributed by atoms with Crippen molar-refractivity contribution in [1.29, 1.82) is 0 Å². The van der Waals surface area contributed by atoms with Gasteiger partial charge in [0.1, 0.15) is 12.1 Å². The Labute approximate surface area is 151 Å².